The van der Waals surface area contributed by atoms with Crippen LogP contribution in [0.1, 0.15) is 73.6 Å². The molecule has 0 fully saturated rings. The fraction of sp³-hybridized carbons (Fsp3) is 0.553. The second kappa shape index (κ2) is 25.9. The number of alkyl carbamates (subject to hydrolysis) is 1. The molecule has 0 unspecified atom stereocenters. The van der Waals surface area contributed by atoms with Crippen molar-refractivity contribution in [1.29, 1.82) is 0 Å². The van der Waals surface area contributed by atoms with Crippen molar-refractivity contribution in [1.82, 2.24) is 21.3 Å². The van der Waals surface area contributed by atoms with Crippen LogP contribution < -0.4 is 21.3 Å². The van der Waals surface area contributed by atoms with Crippen LogP contribution in [0.25, 0.3) is 0 Å². The molecule has 1 aliphatic rings. The molecular formula is C38H58N4O8S2. The Bertz CT molecular complexity index is 1350. The van der Waals surface area contributed by atoms with E-state index in [1.54, 1.807) is 45.9 Å². The van der Waals surface area contributed by atoms with Gasteiger partial charge in [-0.25, -0.2) is 9.59 Å². The van der Waals surface area contributed by atoms with Gasteiger partial charge in [-0.05, 0) is 44.2 Å². The van der Waals surface area contributed by atoms with Crippen molar-refractivity contribution in [2.75, 3.05) is 32.2 Å². The van der Waals surface area contributed by atoms with Gasteiger partial charge >= 0.3 is 12.1 Å². The van der Waals surface area contributed by atoms with Gasteiger partial charge in [0.05, 0.1) is 7.11 Å². The summed E-state index contributed by atoms with van der Waals surface area (Å²) in [5.74, 6) is -0.339. The normalized spacial score (nSPS) is 17.1. The molecule has 4 atom stereocenters. The van der Waals surface area contributed by atoms with Gasteiger partial charge in [0.1, 0.15) is 18.2 Å². The molecule has 0 aromatic carbocycles. The number of carbonyl (C=O) groups is 5. The first-order valence-corrected chi connectivity index (χ1v) is 20.2. The van der Waals surface area contributed by atoms with Gasteiger partial charge < -0.3 is 35.5 Å². The highest BCUT2D eigenvalue weighted by Crippen LogP contribution is 2.23. The van der Waals surface area contributed by atoms with Gasteiger partial charge in [-0.1, -0.05) is 97.4 Å². The van der Waals surface area contributed by atoms with Crippen LogP contribution >= 0.6 is 21.6 Å². The largest absolute Gasteiger partial charge is 0.490 e. The molecule has 14 heteroatoms. The van der Waals surface area contributed by atoms with Crippen molar-refractivity contribution < 1.29 is 38.2 Å². The van der Waals surface area contributed by atoms with E-state index < -0.39 is 35.5 Å². The van der Waals surface area contributed by atoms with Gasteiger partial charge in [0.15, 0.2) is 5.76 Å². The van der Waals surface area contributed by atoms with Gasteiger partial charge in [0.2, 0.25) is 17.7 Å². The molecule has 52 heavy (non-hydrogen) atoms. The maximum absolute atomic E-state index is 13.1. The molecule has 12 nitrogen and oxygen atoms in total. The number of hydrogen-bond donors (Lipinski definition) is 4. The van der Waals surface area contributed by atoms with Gasteiger partial charge in [-0.15, -0.1) is 0 Å². The molecule has 0 aromatic rings. The highest BCUT2D eigenvalue weighted by atomic mass is 33.1. The van der Waals surface area contributed by atoms with E-state index in [0.29, 0.717) is 45.2 Å². The van der Waals surface area contributed by atoms with Crippen LogP contribution in [-0.4, -0.2) is 80.2 Å². The number of carbonyl (C=O) groups excluding carboxylic acids is 5. The van der Waals surface area contributed by atoms with Crippen molar-refractivity contribution in [2.24, 2.45) is 11.3 Å². The number of hydrogen-bond acceptors (Lipinski definition) is 10. The predicted molar refractivity (Wildman–Crippen MR) is 210 cm³/mol. The lowest BCUT2D eigenvalue weighted by molar-refractivity contribution is -0.151. The Balaban J connectivity index is 2.60. The lowest BCUT2D eigenvalue weighted by Crippen LogP contribution is -2.52. The van der Waals surface area contributed by atoms with Crippen LogP contribution in [0.5, 0.6) is 0 Å². The standard InChI is InChI=1S/C38H58N4O8S2/c1-9-10-16-29(49-37(47)41-24-14-23-39-32(43)21-25-52-51-8)17-13-22-40-35(45)34(38(4,5)6)42-33(44)18-12-11-15-27(2)26-28(3)30-19-20-31(48-7)36(46)50-30/h9-13,15,18,20,22,26,28-30,34H,14,16-17,19,21,23-25H2,1-8H3,(H,39,43)(H,40,45)(H,41,47)(H,42,44)/b10-9-,15-11-,18-12-,22-13-,27-26+/t28-,29-,30-,34+/m0/s1. The molecule has 0 radical (unpaired) electrons. The zero-order valence-electron chi connectivity index (χ0n) is 31.8. The Kier molecular flexibility index (Phi) is 23.0. The summed E-state index contributed by atoms with van der Waals surface area (Å²) in [5.41, 5.74) is 0.349. The summed E-state index contributed by atoms with van der Waals surface area (Å²) in [6, 6.07) is -0.827. The minimum Gasteiger partial charge on any atom is -0.490 e. The highest BCUT2D eigenvalue weighted by molar-refractivity contribution is 8.76. The molecule has 1 heterocycles. The molecule has 0 saturated heterocycles. The average molecular weight is 763 g/mol. The monoisotopic (exact) mass is 762 g/mol. The molecular weight excluding hydrogens is 705 g/mol. The number of amides is 4. The highest BCUT2D eigenvalue weighted by Gasteiger charge is 2.32. The number of rotatable bonds is 22. The number of nitrogens with one attached hydrogen (secondary N) is 4. The first kappa shape index (κ1) is 46.1. The zero-order chi connectivity index (χ0) is 38.9. The topological polar surface area (TPSA) is 161 Å². The maximum Gasteiger partial charge on any atom is 0.407 e. The summed E-state index contributed by atoms with van der Waals surface area (Å²) < 4.78 is 16.0. The van der Waals surface area contributed by atoms with E-state index >= 15 is 0 Å². The molecule has 1 rings (SSSR count). The molecule has 1 aliphatic heterocycles. The molecule has 0 aromatic heterocycles. The van der Waals surface area contributed by atoms with Crippen LogP contribution in [0.4, 0.5) is 4.79 Å². The number of cyclic esters (lactones) is 1. The minimum atomic E-state index is -0.827. The third kappa shape index (κ3) is 20.2. The van der Waals surface area contributed by atoms with E-state index in [2.05, 4.69) is 21.3 Å². The second-order valence-electron chi connectivity index (χ2n) is 13.1. The van der Waals surface area contributed by atoms with Gasteiger partial charge in [-0.2, -0.15) is 0 Å². The van der Waals surface area contributed by atoms with Crippen molar-refractivity contribution in [2.45, 2.75) is 91.9 Å². The maximum atomic E-state index is 13.1. The number of ether oxygens (including phenoxy) is 3. The zero-order valence-corrected chi connectivity index (χ0v) is 33.5. The van der Waals surface area contributed by atoms with Gasteiger partial charge in [0, 0.05) is 56.5 Å². The third-order valence-electron chi connectivity index (χ3n) is 7.59. The fourth-order valence-electron chi connectivity index (χ4n) is 4.76. The smallest absolute Gasteiger partial charge is 0.407 e. The summed E-state index contributed by atoms with van der Waals surface area (Å²) in [4.78, 5) is 62.0. The van der Waals surface area contributed by atoms with Crippen LogP contribution in [-0.2, 0) is 33.4 Å². The van der Waals surface area contributed by atoms with Crippen molar-refractivity contribution in [3.8, 4) is 0 Å². The summed E-state index contributed by atoms with van der Waals surface area (Å²) >= 11 is 0. The number of methoxy groups -OCH3 is 1. The number of esters is 1. The molecule has 4 amide bonds. The van der Waals surface area contributed by atoms with E-state index in [-0.39, 0.29) is 29.6 Å². The molecule has 4 N–H and O–H groups in total. The summed E-state index contributed by atoms with van der Waals surface area (Å²) in [6.07, 6.45) is 20.3. The summed E-state index contributed by atoms with van der Waals surface area (Å²) in [5, 5.41) is 11.1. The Morgan fingerprint density at radius 1 is 1.08 bits per heavy atom. The van der Waals surface area contributed by atoms with Crippen LogP contribution in [0.2, 0.25) is 0 Å². The molecule has 290 valence electrons. The molecule has 0 bridgehead atoms. The number of allylic oxidation sites excluding steroid dienone is 5. The van der Waals surface area contributed by atoms with Crippen molar-refractivity contribution >= 4 is 51.4 Å². The Morgan fingerprint density at radius 3 is 2.42 bits per heavy atom. The summed E-state index contributed by atoms with van der Waals surface area (Å²) in [6.45, 7) is 12.2. The summed E-state index contributed by atoms with van der Waals surface area (Å²) in [7, 11) is 4.70. The van der Waals surface area contributed by atoms with Crippen molar-refractivity contribution in [3.63, 3.8) is 0 Å². The Labute approximate surface area is 317 Å². The second-order valence-corrected chi connectivity index (χ2v) is 15.8. The predicted octanol–water partition coefficient (Wildman–Crippen LogP) is 6.05. The van der Waals surface area contributed by atoms with Crippen LogP contribution in [0, 0.1) is 11.3 Å². The fourth-order valence-corrected chi connectivity index (χ4v) is 5.95. The van der Waals surface area contributed by atoms with Gasteiger partial charge in [-0.3, -0.25) is 14.4 Å². The first-order valence-electron chi connectivity index (χ1n) is 17.4. The Morgan fingerprint density at radius 2 is 1.77 bits per heavy atom. The lowest BCUT2D eigenvalue weighted by Gasteiger charge is -2.29. The van der Waals surface area contributed by atoms with E-state index in [4.69, 9.17) is 14.2 Å². The minimum absolute atomic E-state index is 0.0105. The van der Waals surface area contributed by atoms with Gasteiger partial charge in [0.25, 0.3) is 0 Å². The average Bonchev–Trinajstić information content (AvgIpc) is 3.08. The molecule has 0 aliphatic carbocycles. The van der Waals surface area contributed by atoms with E-state index in [9.17, 15) is 24.0 Å². The molecule has 0 saturated carbocycles. The van der Waals surface area contributed by atoms with E-state index in [1.807, 2.05) is 72.1 Å². The SMILES string of the molecule is C/C=C\C[C@@H](C/C=C\NC(=O)[C@@H](NC(=O)\C=C/C=C\C(C)=C\[C@H](C)[C@@H]1CC=C(OC)C(=O)O1)C(C)(C)C)OC(=O)NCCCNC(=O)CCSSC. The third-order valence-corrected chi connectivity index (χ3v) is 9.40. The lowest BCUT2D eigenvalue weighted by atomic mass is 9.86. The van der Waals surface area contributed by atoms with Crippen molar-refractivity contribution in [3.05, 3.63) is 72.2 Å². The van der Waals surface area contributed by atoms with Crippen LogP contribution in [0.15, 0.2) is 72.2 Å². The van der Waals surface area contributed by atoms with Crippen LogP contribution in [0.3, 0.4) is 0 Å². The Hall–Kier alpha value is -3.91. The first-order chi connectivity index (χ1) is 24.7. The van der Waals surface area contributed by atoms with E-state index in [1.165, 1.54) is 19.4 Å². The quantitative estimate of drug-likeness (QED) is 0.0256. The van der Waals surface area contributed by atoms with E-state index in [0.717, 1.165) is 11.3 Å². The molecule has 0 spiro atoms.